The van der Waals surface area contributed by atoms with Crippen LogP contribution in [-0.4, -0.2) is 37.4 Å². The van der Waals surface area contributed by atoms with Crippen LogP contribution in [0.15, 0.2) is 30.6 Å². The lowest BCUT2D eigenvalue weighted by Crippen LogP contribution is -2.26. The van der Waals surface area contributed by atoms with Gasteiger partial charge in [-0.15, -0.1) is 0 Å². The lowest BCUT2D eigenvalue weighted by atomic mass is 10.2. The molecule has 0 radical (unpaired) electrons. The molecule has 0 saturated carbocycles. The summed E-state index contributed by atoms with van der Waals surface area (Å²) in [6.45, 7) is 5.18. The van der Waals surface area contributed by atoms with Crippen molar-refractivity contribution in [3.05, 3.63) is 47.4 Å². The summed E-state index contributed by atoms with van der Waals surface area (Å²) >= 11 is 0. The van der Waals surface area contributed by atoms with Gasteiger partial charge in [0, 0.05) is 26.0 Å². The number of fused-ring (bicyclic) bond motifs is 1. The van der Waals surface area contributed by atoms with Crippen LogP contribution in [-0.2, 0) is 19.5 Å². The number of pyridine rings is 2. The molecule has 0 aliphatic rings. The van der Waals surface area contributed by atoms with Crippen molar-refractivity contribution in [1.82, 2.24) is 24.4 Å². The van der Waals surface area contributed by atoms with Gasteiger partial charge in [-0.05, 0) is 31.0 Å². The quantitative estimate of drug-likeness (QED) is 0.771. The van der Waals surface area contributed by atoms with Gasteiger partial charge in [0.05, 0.1) is 17.8 Å². The molecule has 3 rings (SSSR count). The van der Waals surface area contributed by atoms with Gasteiger partial charge in [0.1, 0.15) is 5.52 Å². The van der Waals surface area contributed by atoms with Crippen LogP contribution in [0.2, 0.25) is 0 Å². The van der Waals surface area contributed by atoms with Crippen molar-refractivity contribution in [2.45, 2.75) is 33.4 Å². The molecule has 0 unspecified atom stereocenters. The number of imidazole rings is 1. The minimum atomic E-state index is -0.125. The van der Waals surface area contributed by atoms with Crippen molar-refractivity contribution >= 4 is 23.0 Å². The van der Waals surface area contributed by atoms with Gasteiger partial charge in [0.25, 0.3) is 5.91 Å². The summed E-state index contributed by atoms with van der Waals surface area (Å²) in [5.74, 6) is 0.281. The number of anilines is 1. The van der Waals surface area contributed by atoms with Crippen LogP contribution in [0.5, 0.6) is 0 Å². The van der Waals surface area contributed by atoms with E-state index in [0.29, 0.717) is 35.8 Å². The molecule has 0 aromatic carbocycles. The van der Waals surface area contributed by atoms with Crippen LogP contribution in [0, 0.1) is 0 Å². The first-order valence-corrected chi connectivity index (χ1v) is 8.34. The molecule has 0 aliphatic carbocycles. The Labute approximate surface area is 146 Å². The smallest absolute Gasteiger partial charge is 0.255 e. The second-order valence-electron chi connectivity index (χ2n) is 5.95. The highest BCUT2D eigenvalue weighted by atomic mass is 16.2. The molecule has 7 heteroatoms. The molecule has 0 bridgehead atoms. The Morgan fingerprint density at radius 2 is 2.04 bits per heavy atom. The van der Waals surface area contributed by atoms with Crippen LogP contribution >= 0.6 is 0 Å². The number of nitrogens with two attached hydrogens (primary N) is 1. The minimum Gasteiger partial charge on any atom is -0.369 e. The van der Waals surface area contributed by atoms with E-state index in [1.54, 1.807) is 24.2 Å². The predicted molar refractivity (Wildman–Crippen MR) is 97.0 cm³/mol. The van der Waals surface area contributed by atoms with Gasteiger partial charge in [-0.25, -0.2) is 9.97 Å². The maximum Gasteiger partial charge on any atom is 0.255 e. The van der Waals surface area contributed by atoms with Gasteiger partial charge in [0.2, 0.25) is 5.95 Å². The third-order valence-corrected chi connectivity index (χ3v) is 4.22. The molecule has 2 N–H and O–H groups in total. The second kappa shape index (κ2) is 6.88. The molecule has 3 aromatic rings. The summed E-state index contributed by atoms with van der Waals surface area (Å²) in [5.41, 5.74) is 9.72. The van der Waals surface area contributed by atoms with E-state index in [-0.39, 0.29) is 5.91 Å². The lowest BCUT2D eigenvalue weighted by Gasteiger charge is -2.16. The molecule has 0 saturated heterocycles. The summed E-state index contributed by atoms with van der Waals surface area (Å²) in [5, 5.41) is 0. The number of nitrogens with zero attached hydrogens (tertiary/aromatic N) is 5. The molecule has 0 aliphatic heterocycles. The molecule has 7 nitrogen and oxygen atoms in total. The average molecular weight is 338 g/mol. The molecule has 0 fully saturated rings. The van der Waals surface area contributed by atoms with E-state index in [1.165, 1.54) is 5.56 Å². The fourth-order valence-electron chi connectivity index (χ4n) is 2.75. The Hall–Kier alpha value is -2.96. The van der Waals surface area contributed by atoms with Crippen LogP contribution in [0.3, 0.4) is 0 Å². The zero-order chi connectivity index (χ0) is 18.0. The number of amides is 1. The Kier molecular flexibility index (Phi) is 4.65. The van der Waals surface area contributed by atoms with Gasteiger partial charge >= 0.3 is 0 Å². The van der Waals surface area contributed by atoms with E-state index in [1.807, 2.05) is 29.8 Å². The summed E-state index contributed by atoms with van der Waals surface area (Å²) < 4.78 is 1.81. The highest BCUT2D eigenvalue weighted by Gasteiger charge is 2.16. The monoisotopic (exact) mass is 338 g/mol. The topological polar surface area (TPSA) is 89.9 Å². The van der Waals surface area contributed by atoms with Gasteiger partial charge in [-0.1, -0.05) is 13.0 Å². The summed E-state index contributed by atoms with van der Waals surface area (Å²) in [6.07, 6.45) is 4.37. The number of aryl methyl sites for hydroxylation is 2. The van der Waals surface area contributed by atoms with Crippen molar-refractivity contribution in [3.8, 4) is 0 Å². The molecular weight excluding hydrogens is 316 g/mol. The molecule has 1 amide bonds. The number of nitrogen functional groups attached to an aromatic ring is 1. The van der Waals surface area contributed by atoms with Crippen molar-refractivity contribution in [2.24, 2.45) is 0 Å². The predicted octanol–water partition coefficient (Wildman–Crippen LogP) is 2.26. The van der Waals surface area contributed by atoms with Gasteiger partial charge in [-0.2, -0.15) is 0 Å². The number of carbonyl (C=O) groups is 1. The van der Waals surface area contributed by atoms with E-state index >= 15 is 0 Å². The van der Waals surface area contributed by atoms with Crippen molar-refractivity contribution in [1.29, 1.82) is 0 Å². The maximum atomic E-state index is 12.7. The first-order chi connectivity index (χ1) is 12.0. The zero-order valence-corrected chi connectivity index (χ0v) is 14.7. The summed E-state index contributed by atoms with van der Waals surface area (Å²) in [6, 6.07) is 5.72. The van der Waals surface area contributed by atoms with Crippen LogP contribution < -0.4 is 5.73 Å². The highest BCUT2D eigenvalue weighted by Crippen LogP contribution is 2.18. The van der Waals surface area contributed by atoms with Gasteiger partial charge < -0.3 is 10.6 Å². The van der Waals surface area contributed by atoms with E-state index in [2.05, 4.69) is 21.9 Å². The van der Waals surface area contributed by atoms with Gasteiger partial charge in [0.15, 0.2) is 5.65 Å². The SMILES string of the molecule is CCc1ccc(CN(C)C(=O)c2cnc3c(c2)nc(N)n3CC)nc1. The Morgan fingerprint density at radius 1 is 1.24 bits per heavy atom. The molecule has 0 atom stereocenters. The number of aromatic nitrogens is 4. The molecule has 3 aromatic heterocycles. The second-order valence-corrected chi connectivity index (χ2v) is 5.95. The molecule has 25 heavy (non-hydrogen) atoms. The van der Waals surface area contributed by atoms with E-state index in [4.69, 9.17) is 5.73 Å². The summed E-state index contributed by atoms with van der Waals surface area (Å²) in [4.78, 5) is 27.3. The standard InChI is InChI=1S/C18H22N6O/c1-4-12-6-7-14(20-9-12)11-23(3)17(25)13-8-15-16(21-10-13)24(5-2)18(19)22-15/h6-10H,4-5,11H2,1-3H3,(H2,19,22). The Morgan fingerprint density at radius 3 is 2.68 bits per heavy atom. The first-order valence-electron chi connectivity index (χ1n) is 8.34. The largest absolute Gasteiger partial charge is 0.369 e. The Bertz CT molecular complexity index is 900. The number of rotatable bonds is 5. The maximum absolute atomic E-state index is 12.7. The first kappa shape index (κ1) is 16.9. The summed E-state index contributed by atoms with van der Waals surface area (Å²) in [7, 11) is 1.75. The van der Waals surface area contributed by atoms with Crippen LogP contribution in [0.1, 0.15) is 35.5 Å². The minimum absolute atomic E-state index is 0.125. The van der Waals surface area contributed by atoms with E-state index in [9.17, 15) is 4.79 Å². The highest BCUT2D eigenvalue weighted by molar-refractivity contribution is 5.96. The number of hydrogen-bond acceptors (Lipinski definition) is 5. The average Bonchev–Trinajstić information content (AvgIpc) is 2.95. The fourth-order valence-corrected chi connectivity index (χ4v) is 2.75. The number of carbonyl (C=O) groups excluding carboxylic acids is 1. The zero-order valence-electron chi connectivity index (χ0n) is 14.7. The van der Waals surface area contributed by atoms with Crippen molar-refractivity contribution in [2.75, 3.05) is 12.8 Å². The van der Waals surface area contributed by atoms with Crippen molar-refractivity contribution in [3.63, 3.8) is 0 Å². The van der Waals surface area contributed by atoms with E-state index in [0.717, 1.165) is 12.1 Å². The molecular formula is C18H22N6O. The van der Waals surface area contributed by atoms with Crippen molar-refractivity contribution < 1.29 is 4.79 Å². The Balaban J connectivity index is 1.80. The lowest BCUT2D eigenvalue weighted by molar-refractivity contribution is 0.0783. The third-order valence-electron chi connectivity index (χ3n) is 4.22. The fraction of sp³-hybridized carbons (Fsp3) is 0.333. The van der Waals surface area contributed by atoms with Crippen LogP contribution in [0.4, 0.5) is 5.95 Å². The van der Waals surface area contributed by atoms with Gasteiger partial charge in [-0.3, -0.25) is 14.3 Å². The van der Waals surface area contributed by atoms with Crippen LogP contribution in [0.25, 0.3) is 11.2 Å². The third kappa shape index (κ3) is 3.31. The normalized spacial score (nSPS) is 11.0. The molecule has 0 spiro atoms. The molecule has 3 heterocycles. The van der Waals surface area contributed by atoms with E-state index < -0.39 is 0 Å². The molecule has 130 valence electrons. The number of hydrogen-bond donors (Lipinski definition) is 1.